The van der Waals surface area contributed by atoms with Gasteiger partial charge in [0.05, 0.1) is 11.7 Å². The van der Waals surface area contributed by atoms with Gasteiger partial charge in [-0.25, -0.2) is 13.2 Å². The van der Waals surface area contributed by atoms with Crippen molar-refractivity contribution in [3.63, 3.8) is 0 Å². The lowest BCUT2D eigenvalue weighted by atomic mass is 9.95. The summed E-state index contributed by atoms with van der Waals surface area (Å²) in [6.45, 7) is -1.76. The minimum atomic E-state index is -3.24. The van der Waals surface area contributed by atoms with Gasteiger partial charge in [-0.3, -0.25) is 14.9 Å². The molecular formula is C23H18F3N5O3. The summed E-state index contributed by atoms with van der Waals surface area (Å²) in [5.41, 5.74) is 7.05. The minimum Gasteiger partial charge on any atom is -0.485 e. The number of nitrogens with two attached hydrogens (primary N) is 1. The number of hydrogen-bond donors (Lipinski definition) is 3. The standard InChI is InChI=1S/C23H18F3N5O3/c1-33-9-23(25,26)10-34-16-7-13-17(11-4-5-15(24)20-14(11)8-29-31-20)18(27)22(32)30-19(13)12-3-2-6-28-21(12)16/h2-8H,9-10,27H2,1H3,(H,29,31)(H,30,32). The fraction of sp³-hybridized carbons (Fsp3) is 0.174. The Hall–Kier alpha value is -4.12. The van der Waals surface area contributed by atoms with Crippen LogP contribution in [0.2, 0.25) is 0 Å². The van der Waals surface area contributed by atoms with Gasteiger partial charge in [-0.2, -0.15) is 5.10 Å². The lowest BCUT2D eigenvalue weighted by Gasteiger charge is -2.18. The number of benzene rings is 2. The maximum Gasteiger partial charge on any atom is 0.304 e. The van der Waals surface area contributed by atoms with E-state index >= 15 is 0 Å². The van der Waals surface area contributed by atoms with Crippen molar-refractivity contribution in [1.82, 2.24) is 20.2 Å². The summed E-state index contributed by atoms with van der Waals surface area (Å²) >= 11 is 0. The fourth-order valence-electron chi connectivity index (χ4n) is 4.05. The molecule has 0 aliphatic heterocycles. The maximum atomic E-state index is 14.3. The van der Waals surface area contributed by atoms with Crippen LogP contribution in [0.25, 0.3) is 43.8 Å². The summed E-state index contributed by atoms with van der Waals surface area (Å²) in [6, 6.07) is 7.53. The van der Waals surface area contributed by atoms with Crippen LogP contribution in [0.15, 0.2) is 47.5 Å². The van der Waals surface area contributed by atoms with E-state index in [1.165, 1.54) is 37.7 Å². The highest BCUT2D eigenvalue weighted by Gasteiger charge is 2.31. The Morgan fingerprint density at radius 2 is 1.94 bits per heavy atom. The van der Waals surface area contributed by atoms with E-state index in [1.54, 1.807) is 12.1 Å². The second kappa shape index (κ2) is 8.03. The molecule has 5 rings (SSSR count). The Morgan fingerprint density at radius 3 is 2.74 bits per heavy atom. The van der Waals surface area contributed by atoms with Crippen LogP contribution in [0.4, 0.5) is 18.9 Å². The monoisotopic (exact) mass is 469 g/mol. The Balaban J connectivity index is 1.82. The molecule has 8 nitrogen and oxygen atoms in total. The van der Waals surface area contributed by atoms with Crippen molar-refractivity contribution >= 4 is 38.4 Å². The Morgan fingerprint density at radius 1 is 1.12 bits per heavy atom. The molecule has 3 aromatic heterocycles. The third-order valence-corrected chi connectivity index (χ3v) is 5.51. The summed E-state index contributed by atoms with van der Waals surface area (Å²) in [4.78, 5) is 19.8. The fourth-order valence-corrected chi connectivity index (χ4v) is 4.05. The van der Waals surface area contributed by atoms with Crippen LogP contribution in [0, 0.1) is 5.82 Å². The molecule has 0 aliphatic rings. The zero-order valence-corrected chi connectivity index (χ0v) is 17.8. The van der Waals surface area contributed by atoms with Gasteiger partial charge in [-0.05, 0) is 29.8 Å². The number of nitrogens with one attached hydrogen (secondary N) is 2. The van der Waals surface area contributed by atoms with Crippen LogP contribution in [-0.2, 0) is 4.74 Å². The zero-order valence-electron chi connectivity index (χ0n) is 17.8. The summed E-state index contributed by atoms with van der Waals surface area (Å²) < 4.78 is 52.5. The molecule has 0 unspecified atom stereocenters. The average Bonchev–Trinajstić information content (AvgIpc) is 3.31. The first kappa shape index (κ1) is 21.7. The summed E-state index contributed by atoms with van der Waals surface area (Å²) in [5, 5.41) is 7.77. The van der Waals surface area contributed by atoms with Crippen molar-refractivity contribution in [1.29, 1.82) is 0 Å². The molecule has 0 atom stereocenters. The molecule has 3 heterocycles. The molecule has 0 saturated carbocycles. The number of nitrogens with zero attached hydrogens (tertiary/aromatic N) is 2. The third-order valence-electron chi connectivity index (χ3n) is 5.51. The number of nitrogen functional groups attached to an aromatic ring is 1. The highest BCUT2D eigenvalue weighted by molar-refractivity contribution is 6.15. The van der Waals surface area contributed by atoms with Crippen molar-refractivity contribution in [3.05, 3.63) is 58.9 Å². The number of pyridine rings is 2. The van der Waals surface area contributed by atoms with Crippen molar-refractivity contribution in [2.45, 2.75) is 5.92 Å². The van der Waals surface area contributed by atoms with Gasteiger partial charge in [0, 0.05) is 35.0 Å². The zero-order chi connectivity index (χ0) is 24.0. The number of aromatic amines is 2. The summed E-state index contributed by atoms with van der Waals surface area (Å²) in [5.74, 6) is -3.70. The predicted molar refractivity (Wildman–Crippen MR) is 122 cm³/mol. The molecule has 0 fully saturated rings. The van der Waals surface area contributed by atoms with Gasteiger partial charge in [0.1, 0.15) is 34.9 Å². The molecule has 5 aromatic rings. The van der Waals surface area contributed by atoms with Crippen molar-refractivity contribution in [3.8, 4) is 16.9 Å². The molecule has 0 amide bonds. The minimum absolute atomic E-state index is 0.0668. The number of rotatable bonds is 6. The van der Waals surface area contributed by atoms with Crippen LogP contribution >= 0.6 is 0 Å². The van der Waals surface area contributed by atoms with Crippen molar-refractivity contribution < 1.29 is 22.6 Å². The van der Waals surface area contributed by atoms with Gasteiger partial charge < -0.3 is 20.2 Å². The Bertz CT molecular complexity index is 1610. The average molecular weight is 469 g/mol. The van der Waals surface area contributed by atoms with Gasteiger partial charge in [-0.1, -0.05) is 6.07 Å². The lowest BCUT2D eigenvalue weighted by Crippen LogP contribution is -2.30. The molecule has 2 aromatic carbocycles. The van der Waals surface area contributed by atoms with Gasteiger partial charge in [-0.15, -0.1) is 0 Å². The number of aromatic nitrogens is 4. The quantitative estimate of drug-likeness (QED) is 0.324. The SMILES string of the molecule is COCC(F)(F)COc1cc2c(-c3ccc(F)c4[nH]ncc34)c(N)c(=O)[nH]c2c2cccnc12. The second-order valence-electron chi connectivity index (χ2n) is 7.77. The molecular weight excluding hydrogens is 451 g/mol. The van der Waals surface area contributed by atoms with Gasteiger partial charge in [0.15, 0.2) is 6.61 Å². The van der Waals surface area contributed by atoms with Crippen molar-refractivity contribution in [2.24, 2.45) is 0 Å². The Kier molecular flexibility index (Phi) is 5.13. The van der Waals surface area contributed by atoms with Crippen LogP contribution in [-0.4, -0.2) is 46.4 Å². The predicted octanol–water partition coefficient (Wildman–Crippen LogP) is 4.00. The normalized spacial score (nSPS) is 12.1. The van der Waals surface area contributed by atoms with E-state index in [-0.39, 0.29) is 22.5 Å². The molecule has 0 spiro atoms. The van der Waals surface area contributed by atoms with E-state index in [0.717, 1.165) is 0 Å². The first-order valence-corrected chi connectivity index (χ1v) is 10.2. The largest absolute Gasteiger partial charge is 0.485 e. The molecule has 4 N–H and O–H groups in total. The smallest absolute Gasteiger partial charge is 0.304 e. The summed E-state index contributed by atoms with van der Waals surface area (Å²) in [7, 11) is 1.17. The molecule has 0 radical (unpaired) electrons. The molecule has 174 valence electrons. The molecule has 0 aliphatic carbocycles. The number of anilines is 1. The van der Waals surface area contributed by atoms with Crippen LogP contribution in [0.5, 0.6) is 5.75 Å². The first-order valence-electron chi connectivity index (χ1n) is 10.2. The van der Waals surface area contributed by atoms with E-state index in [2.05, 4.69) is 24.9 Å². The highest BCUT2D eigenvalue weighted by Crippen LogP contribution is 2.40. The van der Waals surface area contributed by atoms with Crippen molar-refractivity contribution in [2.75, 3.05) is 26.1 Å². The summed E-state index contributed by atoms with van der Waals surface area (Å²) in [6.07, 6.45) is 2.91. The lowest BCUT2D eigenvalue weighted by molar-refractivity contribution is -0.0908. The number of hydrogen-bond acceptors (Lipinski definition) is 6. The van der Waals surface area contributed by atoms with Crippen LogP contribution in [0.1, 0.15) is 0 Å². The first-order chi connectivity index (χ1) is 16.3. The number of halogens is 3. The van der Waals surface area contributed by atoms with E-state index in [1.807, 2.05) is 0 Å². The van der Waals surface area contributed by atoms with E-state index in [9.17, 15) is 18.0 Å². The highest BCUT2D eigenvalue weighted by atomic mass is 19.3. The molecule has 0 saturated heterocycles. The third kappa shape index (κ3) is 3.50. The van der Waals surface area contributed by atoms with Gasteiger partial charge >= 0.3 is 5.92 Å². The number of fused-ring (bicyclic) bond motifs is 4. The number of H-pyrrole nitrogens is 2. The number of methoxy groups -OCH3 is 1. The second-order valence-corrected chi connectivity index (χ2v) is 7.77. The number of ether oxygens (including phenoxy) is 2. The molecule has 0 bridgehead atoms. The Labute approximate surface area is 189 Å². The van der Waals surface area contributed by atoms with E-state index < -0.39 is 30.5 Å². The van der Waals surface area contributed by atoms with Crippen LogP contribution < -0.4 is 16.0 Å². The molecule has 34 heavy (non-hydrogen) atoms. The number of alkyl halides is 2. The topological polar surface area (TPSA) is 119 Å². The molecule has 11 heteroatoms. The maximum absolute atomic E-state index is 14.3. The van der Waals surface area contributed by atoms with Gasteiger partial charge in [0.25, 0.3) is 5.56 Å². The van der Waals surface area contributed by atoms with Gasteiger partial charge in [0.2, 0.25) is 0 Å². The van der Waals surface area contributed by atoms with Crippen LogP contribution in [0.3, 0.4) is 0 Å². The van der Waals surface area contributed by atoms with E-state index in [0.29, 0.717) is 32.8 Å². The van der Waals surface area contributed by atoms with E-state index in [4.69, 9.17) is 10.5 Å².